The number of nitrogens with one attached hydrogen (secondary N) is 1. The highest BCUT2D eigenvalue weighted by atomic mass is 35.5. The van der Waals surface area contributed by atoms with E-state index in [2.05, 4.69) is 5.32 Å². The first-order valence-electron chi connectivity index (χ1n) is 9.94. The first-order valence-corrected chi connectivity index (χ1v) is 12.2. The van der Waals surface area contributed by atoms with Crippen LogP contribution in [0.3, 0.4) is 0 Å². The fourth-order valence-corrected chi connectivity index (χ4v) is 4.17. The van der Waals surface area contributed by atoms with Crippen LogP contribution in [0.25, 0.3) is 0 Å². The van der Waals surface area contributed by atoms with E-state index in [9.17, 15) is 13.2 Å². The van der Waals surface area contributed by atoms with Gasteiger partial charge < -0.3 is 10.1 Å². The maximum absolute atomic E-state index is 12.3. The fourth-order valence-electron chi connectivity index (χ4n) is 3.15. The number of hydrogen-bond donors (Lipinski definition) is 1. The maximum atomic E-state index is 12.3. The van der Waals surface area contributed by atoms with Crippen molar-refractivity contribution in [2.45, 2.75) is 20.4 Å². The first-order chi connectivity index (χ1) is 15.1. The molecule has 3 rings (SSSR count). The summed E-state index contributed by atoms with van der Waals surface area (Å²) in [6.45, 7) is 3.94. The molecular formula is C24H25ClN2O4S. The number of aryl methyl sites for hydroxylation is 2. The van der Waals surface area contributed by atoms with E-state index in [1.807, 2.05) is 32.0 Å². The number of sulfonamides is 1. The summed E-state index contributed by atoms with van der Waals surface area (Å²) >= 11 is 5.91. The van der Waals surface area contributed by atoms with Crippen molar-refractivity contribution in [2.24, 2.45) is 0 Å². The second-order valence-electron chi connectivity index (χ2n) is 7.55. The molecule has 0 spiro atoms. The molecule has 0 radical (unpaired) electrons. The van der Waals surface area contributed by atoms with E-state index < -0.39 is 10.0 Å². The molecule has 6 nitrogen and oxygen atoms in total. The zero-order valence-corrected chi connectivity index (χ0v) is 19.7. The Kier molecular flexibility index (Phi) is 7.43. The second kappa shape index (κ2) is 10.1. The molecule has 168 valence electrons. The number of carbonyl (C=O) groups is 1. The molecule has 8 heteroatoms. The summed E-state index contributed by atoms with van der Waals surface area (Å²) < 4.78 is 31.5. The lowest BCUT2D eigenvalue weighted by atomic mass is 10.1. The summed E-state index contributed by atoms with van der Waals surface area (Å²) in [6, 6.07) is 19.4. The lowest BCUT2D eigenvalue weighted by molar-refractivity contribution is -0.118. The summed E-state index contributed by atoms with van der Waals surface area (Å²) in [7, 11) is -3.51. The van der Waals surface area contributed by atoms with Crippen molar-refractivity contribution < 1.29 is 17.9 Å². The Labute approximate surface area is 193 Å². The standard InChI is InChI=1S/C24H25ClN2O4S/c1-17-4-13-23(18(2)14-17)26-24(28)16-31-22-11-9-21(10-12-22)27(32(3,29)30)15-19-5-7-20(25)8-6-19/h4-14H,15-16H2,1-3H3,(H,26,28). The third kappa shape index (κ3) is 6.48. The molecule has 0 heterocycles. The lowest BCUT2D eigenvalue weighted by Crippen LogP contribution is -2.29. The molecule has 3 aromatic carbocycles. The van der Waals surface area contributed by atoms with Crippen LogP contribution in [0.1, 0.15) is 16.7 Å². The monoisotopic (exact) mass is 472 g/mol. The SMILES string of the molecule is Cc1ccc(NC(=O)COc2ccc(N(Cc3ccc(Cl)cc3)S(C)(=O)=O)cc2)c(C)c1. The Bertz CT molecular complexity index is 1190. The predicted molar refractivity (Wildman–Crippen MR) is 129 cm³/mol. The van der Waals surface area contributed by atoms with Crippen molar-refractivity contribution in [3.8, 4) is 5.75 Å². The van der Waals surface area contributed by atoms with Gasteiger partial charge in [0.2, 0.25) is 10.0 Å². The average molecular weight is 473 g/mol. The zero-order valence-electron chi connectivity index (χ0n) is 18.1. The molecule has 0 bridgehead atoms. The van der Waals surface area contributed by atoms with Crippen LogP contribution in [-0.4, -0.2) is 27.2 Å². The van der Waals surface area contributed by atoms with Crippen LogP contribution in [0.4, 0.5) is 11.4 Å². The van der Waals surface area contributed by atoms with Gasteiger partial charge in [-0.05, 0) is 67.4 Å². The van der Waals surface area contributed by atoms with Crippen molar-refractivity contribution in [3.63, 3.8) is 0 Å². The molecule has 0 unspecified atom stereocenters. The van der Waals surface area contributed by atoms with E-state index in [-0.39, 0.29) is 19.1 Å². The molecule has 1 amide bonds. The molecule has 0 fully saturated rings. The van der Waals surface area contributed by atoms with E-state index >= 15 is 0 Å². The van der Waals surface area contributed by atoms with E-state index in [1.54, 1.807) is 48.5 Å². The number of hydrogen-bond acceptors (Lipinski definition) is 4. The number of nitrogens with zero attached hydrogens (tertiary/aromatic N) is 1. The van der Waals surface area contributed by atoms with Gasteiger partial charge in [0.1, 0.15) is 5.75 Å². The summed E-state index contributed by atoms with van der Waals surface area (Å²) in [5, 5.41) is 3.41. The largest absolute Gasteiger partial charge is 0.484 e. The van der Waals surface area contributed by atoms with Gasteiger partial charge in [-0.1, -0.05) is 41.4 Å². The minimum atomic E-state index is -3.51. The van der Waals surface area contributed by atoms with Crippen molar-refractivity contribution in [2.75, 3.05) is 22.5 Å². The predicted octanol–water partition coefficient (Wildman–Crippen LogP) is 4.94. The topological polar surface area (TPSA) is 75.7 Å². The third-order valence-electron chi connectivity index (χ3n) is 4.79. The second-order valence-corrected chi connectivity index (χ2v) is 9.89. The van der Waals surface area contributed by atoms with Crippen LogP contribution in [0.2, 0.25) is 5.02 Å². The Balaban J connectivity index is 1.64. The molecule has 0 aliphatic carbocycles. The lowest BCUT2D eigenvalue weighted by Gasteiger charge is -2.23. The minimum absolute atomic E-state index is 0.159. The highest BCUT2D eigenvalue weighted by molar-refractivity contribution is 7.92. The molecule has 0 aliphatic heterocycles. The number of benzene rings is 3. The summed E-state index contributed by atoms with van der Waals surface area (Å²) in [6.07, 6.45) is 1.16. The van der Waals surface area contributed by atoms with Crippen molar-refractivity contribution in [3.05, 3.63) is 88.4 Å². The van der Waals surface area contributed by atoms with Gasteiger partial charge >= 0.3 is 0 Å². The summed E-state index contributed by atoms with van der Waals surface area (Å²) in [4.78, 5) is 12.2. The number of rotatable bonds is 8. The maximum Gasteiger partial charge on any atom is 0.262 e. The van der Waals surface area contributed by atoms with E-state index in [0.717, 1.165) is 28.6 Å². The molecule has 1 N–H and O–H groups in total. The van der Waals surface area contributed by atoms with E-state index in [0.29, 0.717) is 16.5 Å². The van der Waals surface area contributed by atoms with Gasteiger partial charge in [0, 0.05) is 10.7 Å². The van der Waals surface area contributed by atoms with Crippen molar-refractivity contribution in [1.82, 2.24) is 0 Å². The number of ether oxygens (including phenoxy) is 1. The molecule has 0 aliphatic rings. The normalized spacial score (nSPS) is 11.1. The summed E-state index contributed by atoms with van der Waals surface area (Å²) in [5.41, 5.74) is 4.14. The van der Waals surface area contributed by atoms with Gasteiger partial charge in [-0.2, -0.15) is 0 Å². The van der Waals surface area contributed by atoms with Crippen LogP contribution >= 0.6 is 11.6 Å². The molecule has 32 heavy (non-hydrogen) atoms. The van der Waals surface area contributed by atoms with Crippen molar-refractivity contribution in [1.29, 1.82) is 0 Å². The van der Waals surface area contributed by atoms with Gasteiger partial charge in [0.15, 0.2) is 6.61 Å². The smallest absolute Gasteiger partial charge is 0.262 e. The first kappa shape index (κ1) is 23.6. The molecule has 0 atom stereocenters. The van der Waals surface area contributed by atoms with Gasteiger partial charge in [0.25, 0.3) is 5.91 Å². The average Bonchev–Trinajstić information content (AvgIpc) is 2.73. The third-order valence-corrected chi connectivity index (χ3v) is 6.18. The Hall–Kier alpha value is -3.03. The van der Waals surface area contributed by atoms with Crippen LogP contribution in [0.15, 0.2) is 66.7 Å². The van der Waals surface area contributed by atoms with Gasteiger partial charge in [-0.3, -0.25) is 9.10 Å². The quantitative estimate of drug-likeness (QED) is 0.503. The Morgan fingerprint density at radius 2 is 1.66 bits per heavy atom. The zero-order chi connectivity index (χ0) is 23.3. The van der Waals surface area contributed by atoms with Crippen LogP contribution in [0, 0.1) is 13.8 Å². The Morgan fingerprint density at radius 3 is 2.25 bits per heavy atom. The van der Waals surface area contributed by atoms with E-state index in [1.165, 1.54) is 4.31 Å². The van der Waals surface area contributed by atoms with Crippen LogP contribution in [0.5, 0.6) is 5.75 Å². The molecule has 3 aromatic rings. The van der Waals surface area contributed by atoms with Gasteiger partial charge in [-0.25, -0.2) is 8.42 Å². The van der Waals surface area contributed by atoms with Gasteiger partial charge in [0.05, 0.1) is 18.5 Å². The molecule has 0 aromatic heterocycles. The summed E-state index contributed by atoms with van der Waals surface area (Å²) in [5.74, 6) is 0.186. The fraction of sp³-hybridized carbons (Fsp3) is 0.208. The Morgan fingerprint density at radius 1 is 1.00 bits per heavy atom. The minimum Gasteiger partial charge on any atom is -0.484 e. The van der Waals surface area contributed by atoms with Crippen LogP contribution in [-0.2, 0) is 21.4 Å². The molecule has 0 saturated carbocycles. The molecular weight excluding hydrogens is 448 g/mol. The highest BCUT2D eigenvalue weighted by Crippen LogP contribution is 2.24. The highest BCUT2D eigenvalue weighted by Gasteiger charge is 2.18. The number of carbonyl (C=O) groups excluding carboxylic acids is 1. The van der Waals surface area contributed by atoms with E-state index in [4.69, 9.17) is 16.3 Å². The van der Waals surface area contributed by atoms with Crippen LogP contribution < -0.4 is 14.4 Å². The van der Waals surface area contributed by atoms with Gasteiger partial charge in [-0.15, -0.1) is 0 Å². The van der Waals surface area contributed by atoms with Crippen molar-refractivity contribution >= 4 is 38.9 Å². The number of anilines is 2. The number of amides is 1. The number of halogens is 1. The molecule has 0 saturated heterocycles.